The molecule has 0 bridgehead atoms. The Kier molecular flexibility index (Phi) is 5.54. The number of ether oxygens (including phenoxy) is 4. The van der Waals surface area contributed by atoms with E-state index in [0.717, 1.165) is 0 Å². The molecule has 0 N–H and O–H groups in total. The van der Waals surface area contributed by atoms with Crippen LogP contribution in [0.3, 0.4) is 0 Å². The van der Waals surface area contributed by atoms with E-state index in [1.807, 2.05) is 13.8 Å². The molecule has 0 amide bonds. The van der Waals surface area contributed by atoms with Crippen molar-refractivity contribution >= 4 is 33.9 Å². The zero-order valence-corrected chi connectivity index (χ0v) is 15.6. The summed E-state index contributed by atoms with van der Waals surface area (Å²) in [6, 6.07) is 3.41. The van der Waals surface area contributed by atoms with E-state index in [0.29, 0.717) is 34.7 Å². The van der Waals surface area contributed by atoms with Crippen molar-refractivity contribution < 1.29 is 28.5 Å². The highest BCUT2D eigenvalue weighted by molar-refractivity contribution is 9.10. The molecule has 1 saturated heterocycles. The van der Waals surface area contributed by atoms with E-state index in [1.54, 1.807) is 12.1 Å². The first-order valence-corrected chi connectivity index (χ1v) is 8.34. The molecular weight excluding hydrogens is 380 g/mol. The Hall–Kier alpha value is -2.02. The van der Waals surface area contributed by atoms with Gasteiger partial charge in [0.15, 0.2) is 11.5 Å². The number of carbonyl (C=O) groups excluding carboxylic acids is 2. The normalized spacial score (nSPS) is 16.3. The number of rotatable bonds is 5. The molecule has 24 heavy (non-hydrogen) atoms. The van der Waals surface area contributed by atoms with Crippen LogP contribution in [0.25, 0.3) is 6.08 Å². The van der Waals surface area contributed by atoms with Gasteiger partial charge in [-0.05, 0) is 37.6 Å². The zero-order valence-electron chi connectivity index (χ0n) is 14.0. The molecule has 1 aliphatic rings. The van der Waals surface area contributed by atoms with Crippen LogP contribution in [0, 0.1) is 0 Å². The molecule has 0 radical (unpaired) electrons. The molecule has 0 unspecified atom stereocenters. The minimum Gasteiger partial charge on any atom is -0.490 e. The molecule has 130 valence electrons. The summed E-state index contributed by atoms with van der Waals surface area (Å²) in [4.78, 5) is 24.1. The summed E-state index contributed by atoms with van der Waals surface area (Å²) < 4.78 is 21.9. The van der Waals surface area contributed by atoms with Crippen molar-refractivity contribution in [1.82, 2.24) is 0 Å². The summed E-state index contributed by atoms with van der Waals surface area (Å²) in [6.07, 6.45) is 1.40. The average Bonchev–Trinajstić information content (AvgIpc) is 2.46. The van der Waals surface area contributed by atoms with Crippen LogP contribution >= 0.6 is 15.9 Å². The van der Waals surface area contributed by atoms with Crippen molar-refractivity contribution in [3.05, 3.63) is 27.7 Å². The lowest BCUT2D eigenvalue weighted by Gasteiger charge is -2.29. The SMILES string of the molecule is CCOc1cc(Br)c(C=C2C(=O)OC(C)(C)OC2=O)cc1OCC. The summed E-state index contributed by atoms with van der Waals surface area (Å²) in [6.45, 7) is 7.67. The fraction of sp³-hybridized carbons (Fsp3) is 0.412. The standard InChI is InChI=1S/C17H19BrO6/c1-5-21-13-8-10(12(18)9-14(13)22-6-2)7-11-15(19)23-17(3,4)24-16(11)20/h7-9H,5-6H2,1-4H3. The Bertz CT molecular complexity index is 671. The van der Waals surface area contributed by atoms with Crippen LogP contribution in [0.15, 0.2) is 22.2 Å². The van der Waals surface area contributed by atoms with Gasteiger partial charge >= 0.3 is 11.9 Å². The molecule has 1 aromatic rings. The summed E-state index contributed by atoms with van der Waals surface area (Å²) in [5, 5.41) is 0. The molecule has 6 nitrogen and oxygen atoms in total. The van der Waals surface area contributed by atoms with Gasteiger partial charge in [0.1, 0.15) is 5.57 Å². The molecule has 7 heteroatoms. The van der Waals surface area contributed by atoms with E-state index in [1.165, 1.54) is 19.9 Å². The van der Waals surface area contributed by atoms with E-state index in [4.69, 9.17) is 18.9 Å². The predicted octanol–water partition coefficient (Wildman–Crippen LogP) is 3.47. The lowest BCUT2D eigenvalue weighted by atomic mass is 10.1. The fourth-order valence-electron chi connectivity index (χ4n) is 2.13. The van der Waals surface area contributed by atoms with Crippen LogP contribution in [0.4, 0.5) is 0 Å². The smallest absolute Gasteiger partial charge is 0.348 e. The number of hydrogen-bond acceptors (Lipinski definition) is 6. The second-order valence-electron chi connectivity index (χ2n) is 5.42. The van der Waals surface area contributed by atoms with Crippen molar-refractivity contribution in [3.63, 3.8) is 0 Å². The highest BCUT2D eigenvalue weighted by Crippen LogP contribution is 2.35. The first-order chi connectivity index (χ1) is 11.3. The topological polar surface area (TPSA) is 71.1 Å². The number of carbonyl (C=O) groups is 2. The minimum absolute atomic E-state index is 0.179. The first kappa shape index (κ1) is 18.3. The van der Waals surface area contributed by atoms with Crippen molar-refractivity contribution in [2.45, 2.75) is 33.5 Å². The van der Waals surface area contributed by atoms with Crippen molar-refractivity contribution in [3.8, 4) is 11.5 Å². The zero-order chi connectivity index (χ0) is 17.9. The van der Waals surface area contributed by atoms with Gasteiger partial charge in [0.05, 0.1) is 13.2 Å². The Morgan fingerprint density at radius 2 is 1.54 bits per heavy atom. The second kappa shape index (κ2) is 7.25. The molecule has 1 fully saturated rings. The van der Waals surface area contributed by atoms with Gasteiger partial charge in [-0.15, -0.1) is 0 Å². The van der Waals surface area contributed by atoms with Crippen molar-refractivity contribution in [2.24, 2.45) is 0 Å². The van der Waals surface area contributed by atoms with Crippen LogP contribution in [0.2, 0.25) is 0 Å². The third kappa shape index (κ3) is 4.08. The summed E-state index contributed by atoms with van der Waals surface area (Å²) in [7, 11) is 0. The van der Waals surface area contributed by atoms with Crippen LogP contribution in [0.5, 0.6) is 11.5 Å². The monoisotopic (exact) mass is 398 g/mol. The van der Waals surface area contributed by atoms with Crippen LogP contribution in [0.1, 0.15) is 33.3 Å². The lowest BCUT2D eigenvalue weighted by molar-refractivity contribution is -0.222. The molecule has 1 heterocycles. The number of hydrogen-bond donors (Lipinski definition) is 0. The van der Waals surface area contributed by atoms with Gasteiger partial charge in [0.2, 0.25) is 0 Å². The average molecular weight is 399 g/mol. The van der Waals surface area contributed by atoms with E-state index < -0.39 is 17.7 Å². The minimum atomic E-state index is -1.27. The summed E-state index contributed by atoms with van der Waals surface area (Å²) >= 11 is 3.41. The molecule has 0 atom stereocenters. The Morgan fingerprint density at radius 1 is 1.04 bits per heavy atom. The quantitative estimate of drug-likeness (QED) is 0.429. The third-order valence-corrected chi connectivity index (χ3v) is 3.77. The van der Waals surface area contributed by atoms with Gasteiger partial charge in [-0.3, -0.25) is 0 Å². The van der Waals surface area contributed by atoms with E-state index in [2.05, 4.69) is 15.9 Å². The predicted molar refractivity (Wildman–Crippen MR) is 90.7 cm³/mol. The maximum atomic E-state index is 12.1. The first-order valence-electron chi connectivity index (χ1n) is 7.55. The van der Waals surface area contributed by atoms with E-state index in [-0.39, 0.29) is 5.57 Å². The third-order valence-electron chi connectivity index (χ3n) is 3.08. The summed E-state index contributed by atoms with van der Waals surface area (Å²) in [5.41, 5.74) is 0.396. The van der Waals surface area contributed by atoms with Crippen LogP contribution < -0.4 is 9.47 Å². The van der Waals surface area contributed by atoms with Gasteiger partial charge in [0.25, 0.3) is 5.79 Å². The van der Waals surface area contributed by atoms with Crippen molar-refractivity contribution in [2.75, 3.05) is 13.2 Å². The van der Waals surface area contributed by atoms with E-state index in [9.17, 15) is 9.59 Å². The Balaban J connectivity index is 2.43. The molecule has 1 aliphatic heterocycles. The molecule has 0 aliphatic carbocycles. The molecular formula is C17H19BrO6. The molecule has 0 saturated carbocycles. The highest BCUT2D eigenvalue weighted by Gasteiger charge is 2.39. The van der Waals surface area contributed by atoms with Gasteiger partial charge in [-0.25, -0.2) is 9.59 Å². The maximum Gasteiger partial charge on any atom is 0.348 e. The summed E-state index contributed by atoms with van der Waals surface area (Å²) in [5.74, 6) is -1.63. The molecule has 0 spiro atoms. The largest absolute Gasteiger partial charge is 0.490 e. The van der Waals surface area contributed by atoms with Crippen LogP contribution in [-0.2, 0) is 19.1 Å². The Labute approximate surface area is 148 Å². The number of esters is 2. The van der Waals surface area contributed by atoms with Crippen LogP contribution in [-0.4, -0.2) is 30.9 Å². The number of cyclic esters (lactones) is 2. The maximum absolute atomic E-state index is 12.1. The lowest BCUT2D eigenvalue weighted by Crippen LogP contribution is -2.41. The van der Waals surface area contributed by atoms with Gasteiger partial charge in [-0.1, -0.05) is 15.9 Å². The van der Waals surface area contributed by atoms with Crippen molar-refractivity contribution in [1.29, 1.82) is 0 Å². The van der Waals surface area contributed by atoms with Gasteiger partial charge in [-0.2, -0.15) is 0 Å². The fourth-order valence-corrected chi connectivity index (χ4v) is 2.57. The number of halogens is 1. The molecule has 1 aromatic carbocycles. The van der Waals surface area contributed by atoms with Gasteiger partial charge in [0, 0.05) is 18.3 Å². The highest BCUT2D eigenvalue weighted by atomic mass is 79.9. The molecule has 0 aromatic heterocycles. The Morgan fingerprint density at radius 3 is 2.04 bits per heavy atom. The molecule has 2 rings (SSSR count). The second-order valence-corrected chi connectivity index (χ2v) is 6.28. The van der Waals surface area contributed by atoms with E-state index >= 15 is 0 Å². The van der Waals surface area contributed by atoms with Gasteiger partial charge < -0.3 is 18.9 Å². The number of benzene rings is 1.